The molecule has 0 aliphatic heterocycles. The van der Waals surface area contributed by atoms with Crippen molar-refractivity contribution in [2.45, 2.75) is 20.3 Å². The molecular formula is C10H17N. The van der Waals surface area contributed by atoms with Gasteiger partial charge in [-0.1, -0.05) is 36.0 Å². The summed E-state index contributed by atoms with van der Waals surface area (Å²) in [6.45, 7) is 8.46. The van der Waals surface area contributed by atoms with Crippen LogP contribution in [-0.2, 0) is 0 Å². The molecular weight excluding hydrogens is 134 g/mol. The van der Waals surface area contributed by atoms with Crippen molar-refractivity contribution in [3.63, 3.8) is 0 Å². The lowest BCUT2D eigenvalue weighted by atomic mass is 10.1. The van der Waals surface area contributed by atoms with Crippen molar-refractivity contribution >= 4 is 0 Å². The minimum absolute atomic E-state index is 0.622. The van der Waals surface area contributed by atoms with Gasteiger partial charge in [-0.15, -0.1) is 0 Å². The fourth-order valence-electron chi connectivity index (χ4n) is 0.819. The molecule has 0 aromatic carbocycles. The first-order chi connectivity index (χ1) is 5.20. The van der Waals surface area contributed by atoms with Crippen LogP contribution in [0.2, 0.25) is 0 Å². The SMILES string of the molecule is C=C(C)C/C(=C\C=C/C)CN. The molecule has 0 saturated heterocycles. The Labute approximate surface area is 69.3 Å². The Kier molecular flexibility index (Phi) is 5.49. The van der Waals surface area contributed by atoms with E-state index in [1.54, 1.807) is 0 Å². The summed E-state index contributed by atoms with van der Waals surface area (Å²) in [6, 6.07) is 0. The van der Waals surface area contributed by atoms with Crippen molar-refractivity contribution in [1.29, 1.82) is 0 Å². The zero-order chi connectivity index (χ0) is 8.69. The normalized spacial score (nSPS) is 12.5. The summed E-state index contributed by atoms with van der Waals surface area (Å²) in [5.74, 6) is 0. The summed E-state index contributed by atoms with van der Waals surface area (Å²) in [4.78, 5) is 0. The van der Waals surface area contributed by atoms with Crippen molar-refractivity contribution in [3.8, 4) is 0 Å². The molecule has 0 aliphatic carbocycles. The number of rotatable bonds is 4. The van der Waals surface area contributed by atoms with E-state index in [9.17, 15) is 0 Å². The monoisotopic (exact) mass is 151 g/mol. The Morgan fingerprint density at radius 2 is 2.18 bits per heavy atom. The average molecular weight is 151 g/mol. The Hall–Kier alpha value is -0.820. The summed E-state index contributed by atoms with van der Waals surface area (Å²) >= 11 is 0. The second kappa shape index (κ2) is 5.93. The maximum absolute atomic E-state index is 5.52. The third-order valence-corrected chi connectivity index (χ3v) is 1.32. The van der Waals surface area contributed by atoms with Gasteiger partial charge in [-0.05, 0) is 20.3 Å². The van der Waals surface area contributed by atoms with Gasteiger partial charge in [0, 0.05) is 6.54 Å². The van der Waals surface area contributed by atoms with Gasteiger partial charge in [0.2, 0.25) is 0 Å². The first-order valence-electron chi connectivity index (χ1n) is 3.86. The summed E-state index contributed by atoms with van der Waals surface area (Å²) in [5.41, 5.74) is 7.91. The molecule has 0 heterocycles. The highest BCUT2D eigenvalue weighted by Gasteiger charge is 1.92. The van der Waals surface area contributed by atoms with Gasteiger partial charge < -0.3 is 5.73 Å². The molecule has 0 aromatic rings. The molecule has 0 aromatic heterocycles. The quantitative estimate of drug-likeness (QED) is 0.484. The van der Waals surface area contributed by atoms with E-state index in [1.807, 2.05) is 26.0 Å². The topological polar surface area (TPSA) is 26.0 Å². The molecule has 0 amide bonds. The van der Waals surface area contributed by atoms with Crippen molar-refractivity contribution in [3.05, 3.63) is 36.0 Å². The van der Waals surface area contributed by atoms with Gasteiger partial charge >= 0.3 is 0 Å². The fraction of sp³-hybridized carbons (Fsp3) is 0.400. The van der Waals surface area contributed by atoms with E-state index >= 15 is 0 Å². The van der Waals surface area contributed by atoms with Crippen LogP contribution in [0.15, 0.2) is 36.0 Å². The Bertz CT molecular complexity index is 175. The van der Waals surface area contributed by atoms with Crippen LogP contribution in [0.1, 0.15) is 20.3 Å². The van der Waals surface area contributed by atoms with Crippen LogP contribution in [0, 0.1) is 0 Å². The number of nitrogens with two attached hydrogens (primary N) is 1. The molecule has 0 aliphatic rings. The first kappa shape index (κ1) is 10.2. The van der Waals surface area contributed by atoms with Gasteiger partial charge in [0.05, 0.1) is 0 Å². The predicted molar refractivity (Wildman–Crippen MR) is 51.4 cm³/mol. The van der Waals surface area contributed by atoms with E-state index in [-0.39, 0.29) is 0 Å². The van der Waals surface area contributed by atoms with Crippen molar-refractivity contribution in [1.82, 2.24) is 0 Å². The Morgan fingerprint density at radius 1 is 1.55 bits per heavy atom. The summed E-state index contributed by atoms with van der Waals surface area (Å²) in [5, 5.41) is 0. The molecule has 0 fully saturated rings. The van der Waals surface area contributed by atoms with Crippen LogP contribution in [0.5, 0.6) is 0 Å². The highest BCUT2D eigenvalue weighted by molar-refractivity contribution is 5.18. The zero-order valence-corrected chi connectivity index (χ0v) is 7.43. The van der Waals surface area contributed by atoms with E-state index < -0.39 is 0 Å². The van der Waals surface area contributed by atoms with Gasteiger partial charge in [0.1, 0.15) is 0 Å². The molecule has 1 heteroatoms. The van der Waals surface area contributed by atoms with Gasteiger partial charge in [0.25, 0.3) is 0 Å². The summed E-state index contributed by atoms with van der Waals surface area (Å²) < 4.78 is 0. The highest BCUT2D eigenvalue weighted by atomic mass is 14.5. The van der Waals surface area contributed by atoms with Crippen LogP contribution in [0.4, 0.5) is 0 Å². The lowest BCUT2D eigenvalue weighted by Gasteiger charge is -2.01. The molecule has 0 rings (SSSR count). The molecule has 0 bridgehead atoms. The van der Waals surface area contributed by atoms with E-state index in [1.165, 1.54) is 5.57 Å². The molecule has 11 heavy (non-hydrogen) atoms. The predicted octanol–water partition coefficient (Wildman–Crippen LogP) is 2.41. The van der Waals surface area contributed by atoms with Crippen LogP contribution < -0.4 is 5.73 Å². The minimum Gasteiger partial charge on any atom is -0.327 e. The first-order valence-corrected chi connectivity index (χ1v) is 3.86. The molecule has 0 unspecified atom stereocenters. The maximum atomic E-state index is 5.52. The Balaban J connectivity index is 4.04. The van der Waals surface area contributed by atoms with Crippen molar-refractivity contribution in [2.24, 2.45) is 5.73 Å². The standard InChI is InChI=1S/C10H17N/c1-4-5-6-10(8-11)7-9(2)3/h4-6H,2,7-8,11H2,1,3H3/b5-4-,10-6+. The smallest absolute Gasteiger partial charge is 0.0143 e. The highest BCUT2D eigenvalue weighted by Crippen LogP contribution is 2.06. The van der Waals surface area contributed by atoms with Crippen LogP contribution >= 0.6 is 0 Å². The minimum atomic E-state index is 0.622. The van der Waals surface area contributed by atoms with Gasteiger partial charge in [-0.25, -0.2) is 0 Å². The molecule has 0 atom stereocenters. The number of hydrogen-bond acceptors (Lipinski definition) is 1. The van der Waals surface area contributed by atoms with Crippen LogP contribution in [-0.4, -0.2) is 6.54 Å². The number of allylic oxidation sites excluding steroid dienone is 4. The summed E-state index contributed by atoms with van der Waals surface area (Å²) in [6.07, 6.45) is 6.97. The van der Waals surface area contributed by atoms with Gasteiger partial charge in [0.15, 0.2) is 0 Å². The lowest BCUT2D eigenvalue weighted by Crippen LogP contribution is -2.02. The third kappa shape index (κ3) is 5.62. The van der Waals surface area contributed by atoms with E-state index in [2.05, 4.69) is 12.7 Å². The molecule has 1 nitrogen and oxygen atoms in total. The fourth-order valence-corrected chi connectivity index (χ4v) is 0.819. The lowest BCUT2D eigenvalue weighted by molar-refractivity contribution is 1.02. The molecule has 0 spiro atoms. The second-order valence-electron chi connectivity index (χ2n) is 2.69. The average Bonchev–Trinajstić information content (AvgIpc) is 1.97. The zero-order valence-electron chi connectivity index (χ0n) is 7.43. The van der Waals surface area contributed by atoms with Crippen LogP contribution in [0.25, 0.3) is 0 Å². The van der Waals surface area contributed by atoms with Crippen molar-refractivity contribution < 1.29 is 0 Å². The molecule has 0 radical (unpaired) electrons. The number of hydrogen-bond donors (Lipinski definition) is 1. The van der Waals surface area contributed by atoms with Crippen LogP contribution in [0.3, 0.4) is 0 Å². The van der Waals surface area contributed by atoms with Gasteiger partial charge in [-0.2, -0.15) is 0 Å². The Morgan fingerprint density at radius 3 is 2.55 bits per heavy atom. The van der Waals surface area contributed by atoms with E-state index in [4.69, 9.17) is 5.73 Å². The summed E-state index contributed by atoms with van der Waals surface area (Å²) in [7, 11) is 0. The van der Waals surface area contributed by atoms with E-state index in [0.717, 1.165) is 12.0 Å². The third-order valence-electron chi connectivity index (χ3n) is 1.32. The second-order valence-corrected chi connectivity index (χ2v) is 2.69. The van der Waals surface area contributed by atoms with Crippen molar-refractivity contribution in [2.75, 3.05) is 6.54 Å². The maximum Gasteiger partial charge on any atom is 0.0143 e. The van der Waals surface area contributed by atoms with Gasteiger partial charge in [-0.3, -0.25) is 0 Å². The molecule has 2 N–H and O–H groups in total. The largest absolute Gasteiger partial charge is 0.327 e. The molecule has 62 valence electrons. The molecule has 0 saturated carbocycles. The van der Waals surface area contributed by atoms with E-state index in [0.29, 0.717) is 6.54 Å².